The molecule has 1 aromatic rings. The summed E-state index contributed by atoms with van der Waals surface area (Å²) in [6.45, 7) is 0. The quantitative estimate of drug-likeness (QED) is 0.590. The summed E-state index contributed by atoms with van der Waals surface area (Å²) in [6.07, 6.45) is 0. The fraction of sp³-hybridized carbons (Fsp3) is 0. The van der Waals surface area contributed by atoms with Gasteiger partial charge in [-0.05, 0) is 12.1 Å². The predicted molar refractivity (Wildman–Crippen MR) is 35.3 cm³/mol. The van der Waals surface area contributed by atoms with Crippen LogP contribution in [0.3, 0.4) is 0 Å². The minimum Gasteiger partial charge on any atom is -0.399 e. The minimum atomic E-state index is 0.105. The average molecular weight is 141 g/mol. The van der Waals surface area contributed by atoms with Gasteiger partial charge in [-0.25, -0.2) is 0 Å². The second-order valence-electron chi connectivity index (χ2n) is 1.46. The van der Waals surface area contributed by atoms with E-state index in [1.807, 2.05) is 18.2 Å². The van der Waals surface area contributed by atoms with Gasteiger partial charge in [-0.15, -0.1) is 4.55 Å². The zero-order valence-corrected chi connectivity index (χ0v) is 5.43. The first-order chi connectivity index (χ1) is 4.43. The third-order valence-corrected chi connectivity index (χ3v) is 1.13. The monoisotopic (exact) mass is 141 g/mol. The fourth-order valence-corrected chi connectivity index (χ4v) is 0.705. The Labute approximate surface area is 57.9 Å². The van der Waals surface area contributed by atoms with Crippen LogP contribution in [-0.2, 0) is 4.55 Å². The first-order valence-electron chi connectivity index (χ1n) is 2.45. The van der Waals surface area contributed by atoms with E-state index in [1.54, 1.807) is 12.1 Å². The molecule has 0 bridgehead atoms. The summed E-state index contributed by atoms with van der Waals surface area (Å²) in [5.74, 6) is 0.595. The van der Waals surface area contributed by atoms with E-state index >= 15 is 0 Å². The van der Waals surface area contributed by atoms with Crippen molar-refractivity contribution in [1.29, 1.82) is 0 Å². The van der Waals surface area contributed by atoms with Gasteiger partial charge in [0.15, 0.2) is 0 Å². The Morgan fingerprint density at radius 2 is 1.89 bits per heavy atom. The predicted octanol–water partition coefficient (Wildman–Crippen LogP) is 2.06. The molecule has 0 unspecified atom stereocenters. The molecule has 2 nitrogen and oxygen atoms in total. The first kappa shape index (κ1) is 6.45. The molecule has 1 rings (SSSR count). The molecule has 1 aromatic carbocycles. The zero-order chi connectivity index (χ0) is 6.53. The van der Waals surface area contributed by atoms with Gasteiger partial charge in [-0.1, -0.05) is 18.2 Å². The van der Waals surface area contributed by atoms with Gasteiger partial charge < -0.3 is 4.18 Å². The van der Waals surface area contributed by atoms with Gasteiger partial charge in [-0.2, -0.15) is 0 Å². The molecule has 0 N–H and O–H groups in total. The lowest BCUT2D eigenvalue weighted by molar-refractivity contribution is 0.463. The van der Waals surface area contributed by atoms with E-state index in [0.717, 1.165) is 0 Å². The van der Waals surface area contributed by atoms with Gasteiger partial charge in [0.1, 0.15) is 5.75 Å². The van der Waals surface area contributed by atoms with Gasteiger partial charge in [-0.3, -0.25) is 0 Å². The van der Waals surface area contributed by atoms with Gasteiger partial charge in [0.25, 0.3) is 12.3 Å². The normalized spacial score (nSPS) is 9.00. The van der Waals surface area contributed by atoms with Gasteiger partial charge in [0, 0.05) is 0 Å². The topological polar surface area (TPSA) is 29.1 Å². The Kier molecular flexibility index (Phi) is 2.42. The molecule has 0 spiro atoms. The van der Waals surface area contributed by atoms with Crippen molar-refractivity contribution < 1.29 is 8.74 Å². The molecule has 0 saturated carbocycles. The molecule has 0 aliphatic carbocycles. The van der Waals surface area contributed by atoms with Crippen molar-refractivity contribution in [2.45, 2.75) is 0 Å². The van der Waals surface area contributed by atoms with E-state index in [0.29, 0.717) is 5.75 Å². The number of para-hydroxylation sites is 1. The highest BCUT2D eigenvalue weighted by molar-refractivity contribution is 7.89. The Morgan fingerprint density at radius 3 is 2.44 bits per heavy atom. The van der Waals surface area contributed by atoms with Crippen molar-refractivity contribution in [2.75, 3.05) is 0 Å². The summed E-state index contributed by atoms with van der Waals surface area (Å²) < 4.78 is 14.4. The molecule has 9 heavy (non-hydrogen) atoms. The van der Waals surface area contributed by atoms with Crippen LogP contribution in [0.15, 0.2) is 30.3 Å². The number of hydrogen-bond donors (Lipinski definition) is 0. The molecule has 47 valence electrons. The van der Waals surface area contributed by atoms with Gasteiger partial charge in [0.05, 0.1) is 0 Å². The van der Waals surface area contributed by atoms with Gasteiger partial charge in [0.2, 0.25) is 0 Å². The SMILES string of the molecule is [O]SOc1ccccc1. The van der Waals surface area contributed by atoms with E-state index in [2.05, 4.69) is 4.18 Å². The molecular formula is C6H5O2S. The Bertz CT molecular complexity index is 164. The Hall–Kier alpha value is -0.670. The summed E-state index contributed by atoms with van der Waals surface area (Å²) in [5, 5.41) is 0. The van der Waals surface area contributed by atoms with Crippen LogP contribution in [0, 0.1) is 0 Å². The molecule has 3 heteroatoms. The molecule has 0 aliphatic heterocycles. The van der Waals surface area contributed by atoms with Gasteiger partial charge >= 0.3 is 0 Å². The minimum absolute atomic E-state index is 0.105. The number of hydrogen-bond acceptors (Lipinski definition) is 2. The molecule has 0 amide bonds. The summed E-state index contributed by atoms with van der Waals surface area (Å²) in [7, 11) is 0. The maximum atomic E-state index is 9.79. The lowest BCUT2D eigenvalue weighted by Gasteiger charge is -1.93. The van der Waals surface area contributed by atoms with Crippen molar-refractivity contribution in [2.24, 2.45) is 0 Å². The molecule has 0 atom stereocenters. The lowest BCUT2D eigenvalue weighted by atomic mass is 10.3. The third-order valence-electron chi connectivity index (χ3n) is 0.873. The third kappa shape index (κ3) is 1.95. The number of benzene rings is 1. The zero-order valence-electron chi connectivity index (χ0n) is 4.61. The van der Waals surface area contributed by atoms with Crippen LogP contribution in [0.5, 0.6) is 5.75 Å². The van der Waals surface area contributed by atoms with Crippen molar-refractivity contribution >= 4 is 12.3 Å². The van der Waals surface area contributed by atoms with E-state index in [9.17, 15) is 4.55 Å². The first-order valence-corrected chi connectivity index (χ1v) is 3.11. The highest BCUT2D eigenvalue weighted by Crippen LogP contribution is 2.12. The molecule has 0 aromatic heterocycles. The van der Waals surface area contributed by atoms with Crippen LogP contribution in [0.25, 0.3) is 0 Å². The van der Waals surface area contributed by atoms with Crippen LogP contribution in [0.2, 0.25) is 0 Å². The molecule has 0 heterocycles. The van der Waals surface area contributed by atoms with Crippen LogP contribution < -0.4 is 4.18 Å². The Morgan fingerprint density at radius 1 is 1.22 bits per heavy atom. The van der Waals surface area contributed by atoms with Crippen LogP contribution >= 0.6 is 12.3 Å². The highest BCUT2D eigenvalue weighted by atomic mass is 32.2. The Balaban J connectivity index is 2.61. The van der Waals surface area contributed by atoms with Crippen molar-refractivity contribution in [3.05, 3.63) is 30.3 Å². The standard InChI is InChI=1S/C6H5O2S/c7-9-8-6-4-2-1-3-5-6/h1-5H. The van der Waals surface area contributed by atoms with E-state index in [-0.39, 0.29) is 12.3 Å². The fourth-order valence-electron chi connectivity index (χ4n) is 0.515. The summed E-state index contributed by atoms with van der Waals surface area (Å²) in [6, 6.07) is 8.94. The summed E-state index contributed by atoms with van der Waals surface area (Å²) >= 11 is 0.105. The summed E-state index contributed by atoms with van der Waals surface area (Å²) in [4.78, 5) is 0. The second kappa shape index (κ2) is 3.37. The van der Waals surface area contributed by atoms with E-state index in [1.165, 1.54) is 0 Å². The van der Waals surface area contributed by atoms with Crippen molar-refractivity contribution in [3.63, 3.8) is 0 Å². The maximum Gasteiger partial charge on any atom is 0.259 e. The molecular weight excluding hydrogens is 136 g/mol. The van der Waals surface area contributed by atoms with Crippen LogP contribution in [-0.4, -0.2) is 0 Å². The van der Waals surface area contributed by atoms with E-state index in [4.69, 9.17) is 0 Å². The smallest absolute Gasteiger partial charge is 0.259 e. The molecule has 1 radical (unpaired) electrons. The average Bonchev–Trinajstić information content (AvgIpc) is 1.91. The largest absolute Gasteiger partial charge is 0.399 e. The van der Waals surface area contributed by atoms with E-state index < -0.39 is 0 Å². The molecule has 0 saturated heterocycles. The van der Waals surface area contributed by atoms with Crippen molar-refractivity contribution in [1.82, 2.24) is 0 Å². The summed E-state index contributed by atoms with van der Waals surface area (Å²) in [5.41, 5.74) is 0. The van der Waals surface area contributed by atoms with Crippen molar-refractivity contribution in [3.8, 4) is 5.75 Å². The maximum absolute atomic E-state index is 9.79. The highest BCUT2D eigenvalue weighted by Gasteiger charge is 1.87. The number of rotatable bonds is 2. The lowest BCUT2D eigenvalue weighted by Crippen LogP contribution is -1.75. The van der Waals surface area contributed by atoms with Crippen LogP contribution in [0.1, 0.15) is 0 Å². The van der Waals surface area contributed by atoms with Crippen LogP contribution in [0.4, 0.5) is 0 Å². The molecule has 0 fully saturated rings. The second-order valence-corrected chi connectivity index (χ2v) is 1.77. The molecule has 0 aliphatic rings.